The number of hydrogen-bond donors (Lipinski definition) is 0. The molecule has 0 unspecified atom stereocenters. The van der Waals surface area contributed by atoms with E-state index in [-0.39, 0.29) is 0 Å². The molecule has 0 aliphatic heterocycles. The molecule has 1 aromatic heterocycles. The molecule has 3 heteroatoms. The topological polar surface area (TPSA) is 12.9 Å². The molecule has 0 spiro atoms. The summed E-state index contributed by atoms with van der Waals surface area (Å²) in [6.07, 6.45) is 5.51. The summed E-state index contributed by atoms with van der Waals surface area (Å²) in [4.78, 5) is 4.38. The highest BCUT2D eigenvalue weighted by molar-refractivity contribution is 7.09. The smallest absolute Gasteiger partial charge is 0.0901 e. The van der Waals surface area contributed by atoms with Gasteiger partial charge in [0.25, 0.3) is 0 Å². The summed E-state index contributed by atoms with van der Waals surface area (Å²) in [6, 6.07) is 0. The predicted octanol–water partition coefficient (Wildman–Crippen LogP) is 4.16. The van der Waals surface area contributed by atoms with Gasteiger partial charge >= 0.3 is 0 Å². The van der Waals surface area contributed by atoms with Crippen molar-refractivity contribution in [1.29, 1.82) is 0 Å². The second-order valence-corrected chi connectivity index (χ2v) is 4.19. The number of aryl methyl sites for hydroxylation is 1. The Morgan fingerprint density at radius 1 is 1.64 bits per heavy atom. The van der Waals surface area contributed by atoms with E-state index >= 15 is 0 Å². The Morgan fingerprint density at radius 3 is 2.79 bits per heavy atom. The number of hydrogen-bond acceptors (Lipinski definition) is 2. The van der Waals surface area contributed by atoms with Gasteiger partial charge in [-0.15, -0.1) is 11.3 Å². The summed E-state index contributed by atoms with van der Waals surface area (Å²) in [6.45, 7) is 7.57. The summed E-state index contributed by atoms with van der Waals surface area (Å²) in [5.74, 6) is 0. The van der Waals surface area contributed by atoms with E-state index in [1.165, 1.54) is 0 Å². The average molecular weight is 226 g/mol. The van der Waals surface area contributed by atoms with Crippen molar-refractivity contribution in [2.24, 2.45) is 0 Å². The Morgan fingerprint density at radius 2 is 2.36 bits per heavy atom. The third kappa shape index (κ3) is 2.56. The summed E-state index contributed by atoms with van der Waals surface area (Å²) in [7, 11) is 0. The highest BCUT2D eigenvalue weighted by Crippen LogP contribution is 2.24. The van der Waals surface area contributed by atoms with Crippen LogP contribution < -0.4 is 0 Å². The van der Waals surface area contributed by atoms with Gasteiger partial charge in [-0.25, -0.2) is 4.98 Å². The molecule has 0 amide bonds. The van der Waals surface area contributed by atoms with Crippen LogP contribution in [0.3, 0.4) is 0 Å². The predicted molar refractivity (Wildman–Crippen MR) is 64.6 cm³/mol. The van der Waals surface area contributed by atoms with E-state index < -0.39 is 0 Å². The summed E-state index contributed by atoms with van der Waals surface area (Å²) in [5, 5.41) is 3.67. The van der Waals surface area contributed by atoms with Crippen LogP contribution in [0.4, 0.5) is 0 Å². The molecule has 1 aromatic rings. The zero-order valence-corrected chi connectivity index (χ0v) is 9.82. The molecule has 0 radical (unpaired) electrons. The molecule has 0 saturated heterocycles. The van der Waals surface area contributed by atoms with E-state index in [1.54, 1.807) is 17.4 Å². The number of allylic oxidation sites excluding steroid dienone is 5. The maximum atomic E-state index is 6.03. The largest absolute Gasteiger partial charge is 0.241 e. The Labute approximate surface area is 93.4 Å². The number of nitrogens with zero attached hydrogens (tertiary/aromatic N) is 1. The maximum absolute atomic E-state index is 6.03. The van der Waals surface area contributed by atoms with Gasteiger partial charge in [-0.1, -0.05) is 36.4 Å². The monoisotopic (exact) mass is 225 g/mol. The highest BCUT2D eigenvalue weighted by Gasteiger charge is 2.05. The molecular weight excluding hydrogens is 214 g/mol. The zero-order valence-electron chi connectivity index (χ0n) is 8.25. The second kappa shape index (κ2) is 5.13. The number of rotatable bonds is 3. The quantitative estimate of drug-likeness (QED) is 0.704. The molecule has 1 rings (SSSR count). The van der Waals surface area contributed by atoms with Gasteiger partial charge in [0.2, 0.25) is 0 Å². The first-order valence-corrected chi connectivity index (χ1v) is 5.52. The van der Waals surface area contributed by atoms with Gasteiger partial charge in [0.05, 0.1) is 10.7 Å². The molecule has 0 atom stereocenters. The van der Waals surface area contributed by atoms with Gasteiger partial charge in [-0.2, -0.15) is 0 Å². The van der Waals surface area contributed by atoms with Crippen molar-refractivity contribution >= 4 is 28.5 Å². The van der Waals surface area contributed by atoms with Crippen molar-refractivity contribution in [3.05, 3.63) is 45.9 Å². The second-order valence-electron chi connectivity index (χ2n) is 2.72. The first kappa shape index (κ1) is 11.2. The maximum Gasteiger partial charge on any atom is 0.0901 e. The van der Waals surface area contributed by atoms with E-state index in [0.29, 0.717) is 5.03 Å². The van der Waals surface area contributed by atoms with Crippen LogP contribution in [-0.2, 0) is 0 Å². The van der Waals surface area contributed by atoms with Crippen molar-refractivity contribution in [1.82, 2.24) is 4.98 Å². The Bertz CT molecular complexity index is 388. The van der Waals surface area contributed by atoms with E-state index in [0.717, 1.165) is 16.3 Å². The van der Waals surface area contributed by atoms with Crippen molar-refractivity contribution in [3.63, 3.8) is 0 Å². The lowest BCUT2D eigenvalue weighted by atomic mass is 10.2. The minimum absolute atomic E-state index is 0.633. The number of aromatic nitrogens is 1. The molecule has 14 heavy (non-hydrogen) atoms. The Kier molecular flexibility index (Phi) is 4.11. The van der Waals surface area contributed by atoms with Crippen LogP contribution in [0.25, 0.3) is 5.57 Å². The molecule has 0 aromatic carbocycles. The summed E-state index contributed by atoms with van der Waals surface area (Å²) in [5.41, 5.74) is 1.84. The first-order chi connectivity index (χ1) is 6.69. The fourth-order valence-electron chi connectivity index (χ4n) is 1.05. The van der Waals surface area contributed by atoms with Gasteiger partial charge < -0.3 is 0 Å². The number of thiazole rings is 1. The normalized spacial score (nSPS) is 13.1. The Hall–Kier alpha value is -0.860. The molecular formula is C11H12ClNS. The fourth-order valence-corrected chi connectivity index (χ4v) is 1.82. The van der Waals surface area contributed by atoms with Crippen LogP contribution in [0.5, 0.6) is 0 Å². The van der Waals surface area contributed by atoms with Crippen molar-refractivity contribution < 1.29 is 0 Å². The molecule has 0 bridgehead atoms. The van der Waals surface area contributed by atoms with Crippen LogP contribution >= 0.6 is 22.9 Å². The molecule has 0 N–H and O–H groups in total. The fraction of sp³-hybridized carbons (Fsp3) is 0.182. The molecule has 0 fully saturated rings. The van der Waals surface area contributed by atoms with E-state index in [4.69, 9.17) is 11.6 Å². The van der Waals surface area contributed by atoms with Gasteiger partial charge in [0.15, 0.2) is 0 Å². The molecule has 0 aliphatic rings. The SMILES string of the molecule is C=C/C(Cl)=C(\C=C/C)c1csc(C)n1. The minimum Gasteiger partial charge on any atom is -0.241 e. The van der Waals surface area contributed by atoms with Gasteiger partial charge in [-0.3, -0.25) is 0 Å². The molecule has 1 heterocycles. The van der Waals surface area contributed by atoms with Crippen molar-refractivity contribution in [2.75, 3.05) is 0 Å². The van der Waals surface area contributed by atoms with Crippen LogP contribution in [0.15, 0.2) is 35.2 Å². The molecule has 0 aliphatic carbocycles. The lowest BCUT2D eigenvalue weighted by Crippen LogP contribution is -1.83. The van der Waals surface area contributed by atoms with E-state index in [9.17, 15) is 0 Å². The van der Waals surface area contributed by atoms with Crippen LogP contribution in [-0.4, -0.2) is 4.98 Å². The number of halogens is 1. The van der Waals surface area contributed by atoms with E-state index in [1.807, 2.05) is 31.4 Å². The lowest BCUT2D eigenvalue weighted by Gasteiger charge is -1.98. The average Bonchev–Trinajstić information content (AvgIpc) is 2.60. The molecule has 74 valence electrons. The van der Waals surface area contributed by atoms with Gasteiger partial charge in [-0.05, 0) is 13.8 Å². The Balaban J connectivity index is 3.19. The summed E-state index contributed by atoms with van der Waals surface area (Å²) >= 11 is 7.64. The lowest BCUT2D eigenvalue weighted by molar-refractivity contribution is 1.26. The van der Waals surface area contributed by atoms with Crippen LogP contribution in [0.2, 0.25) is 0 Å². The van der Waals surface area contributed by atoms with Gasteiger partial charge in [0, 0.05) is 16.0 Å². The van der Waals surface area contributed by atoms with Crippen molar-refractivity contribution in [3.8, 4) is 0 Å². The van der Waals surface area contributed by atoms with Crippen molar-refractivity contribution in [2.45, 2.75) is 13.8 Å². The van der Waals surface area contributed by atoms with Gasteiger partial charge in [0.1, 0.15) is 0 Å². The standard InChI is InChI=1S/C11H12ClNS/c1-4-6-9(10(12)5-2)11-7-14-8(3)13-11/h4-7H,2H2,1,3H3/b6-4-,10-9-. The zero-order chi connectivity index (χ0) is 10.6. The minimum atomic E-state index is 0.633. The molecule has 1 nitrogen and oxygen atoms in total. The third-order valence-corrected chi connectivity index (χ3v) is 2.80. The first-order valence-electron chi connectivity index (χ1n) is 4.26. The third-order valence-electron chi connectivity index (χ3n) is 1.66. The van der Waals surface area contributed by atoms with Crippen LogP contribution in [0, 0.1) is 6.92 Å². The van der Waals surface area contributed by atoms with E-state index in [2.05, 4.69) is 11.6 Å². The molecule has 0 saturated carbocycles. The highest BCUT2D eigenvalue weighted by atomic mass is 35.5. The van der Waals surface area contributed by atoms with Crippen LogP contribution in [0.1, 0.15) is 17.6 Å². The summed E-state index contributed by atoms with van der Waals surface area (Å²) < 4.78 is 0.